The maximum Gasteiger partial charge on any atom is 0.135 e. The number of hydrogen-bond acceptors (Lipinski definition) is 3. The number of nitrogens with one attached hydrogen (secondary N) is 2. The van der Waals surface area contributed by atoms with Crippen molar-refractivity contribution in [1.82, 2.24) is 4.98 Å². The van der Waals surface area contributed by atoms with E-state index in [1.165, 1.54) is 0 Å². The van der Waals surface area contributed by atoms with Crippen LogP contribution < -0.4 is 5.32 Å². The van der Waals surface area contributed by atoms with Crippen molar-refractivity contribution in [3.63, 3.8) is 0 Å². The third-order valence-corrected chi connectivity index (χ3v) is 2.88. The van der Waals surface area contributed by atoms with E-state index in [9.17, 15) is 0 Å². The zero-order valence-electron chi connectivity index (χ0n) is 12.5. The lowest BCUT2D eigenvalue weighted by Gasteiger charge is -2.23. The van der Waals surface area contributed by atoms with E-state index in [4.69, 9.17) is 5.41 Å². The summed E-state index contributed by atoms with van der Waals surface area (Å²) in [6, 6.07) is 11.8. The molecule has 1 heterocycles. The van der Waals surface area contributed by atoms with Gasteiger partial charge in [-0.1, -0.05) is 23.8 Å². The summed E-state index contributed by atoms with van der Waals surface area (Å²) in [6.45, 7) is 8.29. The topological polar surface area (TPSA) is 48.8 Å². The minimum Gasteiger partial charge on any atom is -0.365 e. The Morgan fingerprint density at radius 3 is 2.55 bits per heavy atom. The average molecular weight is 267 g/mol. The van der Waals surface area contributed by atoms with Gasteiger partial charge in [0.1, 0.15) is 5.82 Å². The first-order chi connectivity index (χ1) is 9.37. The monoisotopic (exact) mass is 267 g/mol. The predicted molar refractivity (Wildman–Crippen MR) is 84.7 cm³/mol. The van der Waals surface area contributed by atoms with Crippen molar-refractivity contribution in [2.24, 2.45) is 0 Å². The molecule has 2 N–H and O–H groups in total. The molecule has 1 aromatic carbocycles. The van der Waals surface area contributed by atoms with Gasteiger partial charge in [-0.05, 0) is 45.9 Å². The fourth-order valence-electron chi connectivity index (χ4n) is 2.02. The van der Waals surface area contributed by atoms with E-state index >= 15 is 0 Å². The molecule has 2 rings (SSSR count). The van der Waals surface area contributed by atoms with Gasteiger partial charge >= 0.3 is 0 Å². The smallest absolute Gasteiger partial charge is 0.135 e. The first-order valence-corrected chi connectivity index (χ1v) is 6.76. The van der Waals surface area contributed by atoms with E-state index in [1.807, 2.05) is 43.3 Å². The minimum atomic E-state index is -0.0873. The molecule has 0 amide bonds. The lowest BCUT2D eigenvalue weighted by molar-refractivity contribution is 0.630. The molecule has 0 aliphatic carbocycles. The molecule has 0 aliphatic rings. The van der Waals surface area contributed by atoms with Gasteiger partial charge in [-0.25, -0.2) is 4.98 Å². The Hall–Kier alpha value is -2.16. The van der Waals surface area contributed by atoms with Crippen molar-refractivity contribution < 1.29 is 0 Å². The number of anilines is 1. The quantitative estimate of drug-likeness (QED) is 0.825. The molecule has 20 heavy (non-hydrogen) atoms. The summed E-state index contributed by atoms with van der Waals surface area (Å²) < 4.78 is 0. The summed E-state index contributed by atoms with van der Waals surface area (Å²) in [7, 11) is 0. The highest BCUT2D eigenvalue weighted by atomic mass is 15.0. The Morgan fingerprint density at radius 2 is 1.90 bits per heavy atom. The van der Waals surface area contributed by atoms with Crippen molar-refractivity contribution in [1.29, 1.82) is 5.41 Å². The first kappa shape index (κ1) is 14.3. The van der Waals surface area contributed by atoms with E-state index in [0.29, 0.717) is 5.71 Å². The van der Waals surface area contributed by atoms with Gasteiger partial charge in [-0.2, -0.15) is 0 Å². The molecular weight excluding hydrogens is 246 g/mol. The highest BCUT2D eigenvalue weighted by Gasteiger charge is 2.16. The molecule has 0 saturated carbocycles. The molecule has 3 heteroatoms. The molecule has 0 atom stereocenters. The van der Waals surface area contributed by atoms with Gasteiger partial charge in [0.2, 0.25) is 0 Å². The number of pyridine rings is 1. The molecule has 0 spiro atoms. The number of nitrogens with zero attached hydrogens (tertiary/aromatic N) is 1. The van der Waals surface area contributed by atoms with Crippen LogP contribution in [0.1, 0.15) is 37.5 Å². The van der Waals surface area contributed by atoms with E-state index in [0.717, 1.165) is 22.5 Å². The predicted octanol–water partition coefficient (Wildman–Crippen LogP) is 4.02. The summed E-state index contributed by atoms with van der Waals surface area (Å²) in [4.78, 5) is 4.38. The average Bonchev–Trinajstić information content (AvgIpc) is 2.37. The van der Waals surface area contributed by atoms with Crippen molar-refractivity contribution in [3.05, 3.63) is 59.3 Å². The Balaban J connectivity index is 2.40. The molecule has 0 aliphatic heterocycles. The zero-order valence-corrected chi connectivity index (χ0v) is 12.5. The normalized spacial score (nSPS) is 11.2. The van der Waals surface area contributed by atoms with Gasteiger partial charge in [0.25, 0.3) is 0 Å². The van der Waals surface area contributed by atoms with Crippen LogP contribution >= 0.6 is 0 Å². The molecule has 0 bridgehead atoms. The Bertz CT molecular complexity index is 624. The summed E-state index contributed by atoms with van der Waals surface area (Å²) >= 11 is 0. The first-order valence-electron chi connectivity index (χ1n) is 6.76. The van der Waals surface area contributed by atoms with E-state index in [2.05, 4.69) is 31.1 Å². The van der Waals surface area contributed by atoms with Gasteiger partial charge in [0.15, 0.2) is 0 Å². The van der Waals surface area contributed by atoms with Crippen LogP contribution in [0, 0.1) is 12.3 Å². The molecule has 0 saturated heterocycles. The highest BCUT2D eigenvalue weighted by molar-refractivity contribution is 6.13. The number of hydrogen-bond donors (Lipinski definition) is 2. The van der Waals surface area contributed by atoms with Crippen LogP contribution in [0.4, 0.5) is 5.82 Å². The molecule has 0 unspecified atom stereocenters. The maximum absolute atomic E-state index is 8.44. The van der Waals surface area contributed by atoms with Crippen LogP contribution in [0.3, 0.4) is 0 Å². The number of aromatic nitrogens is 1. The number of rotatable bonds is 3. The number of aryl methyl sites for hydroxylation is 1. The van der Waals surface area contributed by atoms with Gasteiger partial charge in [0, 0.05) is 22.9 Å². The zero-order chi connectivity index (χ0) is 14.8. The van der Waals surface area contributed by atoms with Gasteiger partial charge in [0.05, 0.1) is 5.71 Å². The Morgan fingerprint density at radius 1 is 1.15 bits per heavy atom. The van der Waals surface area contributed by atoms with Crippen molar-refractivity contribution in [2.45, 2.75) is 33.2 Å². The summed E-state index contributed by atoms with van der Waals surface area (Å²) in [6.07, 6.45) is 1.75. The Labute approximate surface area is 120 Å². The third kappa shape index (κ3) is 3.44. The van der Waals surface area contributed by atoms with Crippen LogP contribution in [0.25, 0.3) is 0 Å². The van der Waals surface area contributed by atoms with Crippen LogP contribution in [-0.4, -0.2) is 16.2 Å². The molecule has 0 radical (unpaired) electrons. The molecule has 2 aromatic rings. The summed E-state index contributed by atoms with van der Waals surface area (Å²) in [5.41, 5.74) is 3.30. The minimum absolute atomic E-state index is 0.0873. The lowest BCUT2D eigenvalue weighted by Crippen LogP contribution is -2.28. The van der Waals surface area contributed by atoms with Crippen molar-refractivity contribution >= 4 is 11.5 Å². The van der Waals surface area contributed by atoms with Crippen molar-refractivity contribution in [3.8, 4) is 0 Å². The summed E-state index contributed by atoms with van der Waals surface area (Å²) in [5, 5.41) is 11.8. The van der Waals surface area contributed by atoms with Gasteiger partial charge in [-0.3, -0.25) is 5.41 Å². The number of benzene rings is 1. The second kappa shape index (κ2) is 5.45. The van der Waals surface area contributed by atoms with Crippen LogP contribution in [0.5, 0.6) is 0 Å². The SMILES string of the molecule is Cc1cccc(C(=N)c2cccnc2NC(C)(C)C)c1. The highest BCUT2D eigenvalue weighted by Crippen LogP contribution is 2.20. The van der Waals surface area contributed by atoms with Gasteiger partial charge < -0.3 is 5.32 Å². The van der Waals surface area contributed by atoms with Crippen LogP contribution in [-0.2, 0) is 0 Å². The standard InChI is InChI=1S/C17H21N3/c1-12-7-5-8-13(11-12)15(18)14-9-6-10-19-16(14)20-17(2,3)4/h5-11,18H,1-4H3,(H,19,20). The fraction of sp³-hybridized carbons (Fsp3) is 0.294. The van der Waals surface area contributed by atoms with Crippen LogP contribution in [0.15, 0.2) is 42.6 Å². The second-order valence-electron chi connectivity index (χ2n) is 6.02. The van der Waals surface area contributed by atoms with Gasteiger partial charge in [-0.15, -0.1) is 0 Å². The molecule has 0 fully saturated rings. The van der Waals surface area contributed by atoms with E-state index in [-0.39, 0.29) is 5.54 Å². The van der Waals surface area contributed by atoms with E-state index < -0.39 is 0 Å². The molecular formula is C17H21N3. The third-order valence-electron chi connectivity index (χ3n) is 2.88. The fourth-order valence-corrected chi connectivity index (χ4v) is 2.02. The summed E-state index contributed by atoms with van der Waals surface area (Å²) in [5.74, 6) is 0.756. The largest absolute Gasteiger partial charge is 0.365 e. The van der Waals surface area contributed by atoms with Crippen molar-refractivity contribution in [2.75, 3.05) is 5.32 Å². The Kier molecular flexibility index (Phi) is 3.89. The molecule has 1 aromatic heterocycles. The lowest BCUT2D eigenvalue weighted by atomic mass is 10.0. The van der Waals surface area contributed by atoms with Crippen LogP contribution in [0.2, 0.25) is 0 Å². The maximum atomic E-state index is 8.44. The second-order valence-corrected chi connectivity index (χ2v) is 6.02. The molecule has 104 valence electrons. The van der Waals surface area contributed by atoms with E-state index in [1.54, 1.807) is 6.20 Å². The molecule has 3 nitrogen and oxygen atoms in total.